The van der Waals surface area contributed by atoms with Crippen molar-refractivity contribution in [3.8, 4) is 0 Å². The zero-order chi connectivity index (χ0) is 17.6. The first-order chi connectivity index (χ1) is 11.9. The molecule has 5 rings (SSSR count). The molecule has 4 bridgehead atoms. The first-order valence-corrected chi connectivity index (χ1v) is 9.79. The fourth-order valence-electron chi connectivity index (χ4n) is 5.98. The number of ether oxygens (including phenoxy) is 1. The molecule has 4 aliphatic carbocycles. The van der Waals surface area contributed by atoms with Gasteiger partial charge in [0.1, 0.15) is 0 Å². The van der Waals surface area contributed by atoms with Crippen LogP contribution in [0.25, 0.3) is 0 Å². The van der Waals surface area contributed by atoms with Crippen LogP contribution >= 0.6 is 11.6 Å². The summed E-state index contributed by atoms with van der Waals surface area (Å²) in [6, 6.07) is 6.78. The third-order valence-corrected chi connectivity index (χ3v) is 6.71. The number of Topliss-reactive ketones (excluding diaryl/α,β-unsaturated/α-hetero) is 1. The van der Waals surface area contributed by atoms with Crippen molar-refractivity contribution in [1.29, 1.82) is 0 Å². The van der Waals surface area contributed by atoms with Gasteiger partial charge in [0, 0.05) is 10.6 Å². The third-order valence-electron chi connectivity index (χ3n) is 6.47. The van der Waals surface area contributed by atoms with Crippen LogP contribution < -0.4 is 0 Å². The summed E-state index contributed by atoms with van der Waals surface area (Å²) in [5.41, 5.74) is 0.632. The highest BCUT2D eigenvalue weighted by molar-refractivity contribution is 6.31. The van der Waals surface area contributed by atoms with Gasteiger partial charge < -0.3 is 4.74 Å². The zero-order valence-electron chi connectivity index (χ0n) is 14.7. The van der Waals surface area contributed by atoms with E-state index in [0.29, 0.717) is 17.0 Å². The smallest absolute Gasteiger partial charge is 0.307 e. The minimum absolute atomic E-state index is 0.144. The van der Waals surface area contributed by atoms with Crippen molar-refractivity contribution in [2.45, 2.75) is 58.0 Å². The molecule has 0 saturated heterocycles. The molecule has 0 heterocycles. The Morgan fingerprint density at radius 3 is 2.32 bits per heavy atom. The summed E-state index contributed by atoms with van der Waals surface area (Å²) < 4.78 is 5.51. The average molecular weight is 361 g/mol. The van der Waals surface area contributed by atoms with E-state index in [1.165, 1.54) is 38.5 Å². The molecule has 4 fully saturated rings. The van der Waals surface area contributed by atoms with Gasteiger partial charge in [-0.15, -0.1) is 0 Å². The molecule has 1 aromatic carbocycles. The van der Waals surface area contributed by atoms with Gasteiger partial charge in [-0.05, 0) is 80.8 Å². The molecule has 0 radical (unpaired) electrons. The number of ketones is 1. The maximum Gasteiger partial charge on any atom is 0.307 e. The Labute approximate surface area is 154 Å². The van der Waals surface area contributed by atoms with E-state index in [0.717, 1.165) is 17.8 Å². The van der Waals surface area contributed by atoms with E-state index < -0.39 is 6.10 Å². The molecule has 3 nitrogen and oxygen atoms in total. The summed E-state index contributed by atoms with van der Waals surface area (Å²) in [6.45, 7) is 1.65. The van der Waals surface area contributed by atoms with Crippen LogP contribution in [0.1, 0.15) is 62.2 Å². The summed E-state index contributed by atoms with van der Waals surface area (Å²) >= 11 is 5.94. The Morgan fingerprint density at radius 1 is 1.16 bits per heavy atom. The van der Waals surface area contributed by atoms with Gasteiger partial charge in [-0.1, -0.05) is 23.7 Å². The molecule has 1 atom stereocenters. The highest BCUT2D eigenvalue weighted by Gasteiger charge is 2.51. The molecule has 4 saturated carbocycles. The monoisotopic (exact) mass is 360 g/mol. The summed E-state index contributed by atoms with van der Waals surface area (Å²) in [5, 5.41) is 0.512. The SMILES string of the molecule is CC(OC(=O)CC12CC3CC(CC(C3)C1)C2)C(=O)c1cccc(Cl)c1. The van der Waals surface area contributed by atoms with Crippen LogP contribution in [0.4, 0.5) is 0 Å². The summed E-state index contributed by atoms with van der Waals surface area (Å²) in [6.07, 6.45) is 7.30. The van der Waals surface area contributed by atoms with E-state index in [2.05, 4.69) is 0 Å². The first-order valence-electron chi connectivity index (χ1n) is 9.42. The first kappa shape index (κ1) is 17.1. The standard InChI is InChI=1S/C21H25ClO3/c1-13(20(24)17-3-2-4-18(22)8-17)25-19(23)12-21-9-14-5-15(10-21)7-16(6-14)11-21/h2-4,8,13-16H,5-7,9-12H2,1H3. The van der Waals surface area contributed by atoms with Crippen molar-refractivity contribution in [3.63, 3.8) is 0 Å². The quantitative estimate of drug-likeness (QED) is 0.544. The molecule has 1 aromatic rings. The van der Waals surface area contributed by atoms with E-state index in [1.807, 2.05) is 0 Å². The Morgan fingerprint density at radius 2 is 1.76 bits per heavy atom. The lowest BCUT2D eigenvalue weighted by molar-refractivity contribution is -0.154. The molecule has 0 aromatic heterocycles. The molecule has 134 valence electrons. The number of esters is 1. The summed E-state index contributed by atoms with van der Waals surface area (Å²) in [5.74, 6) is 2.02. The summed E-state index contributed by atoms with van der Waals surface area (Å²) in [4.78, 5) is 25.0. The van der Waals surface area contributed by atoms with E-state index in [9.17, 15) is 9.59 Å². The van der Waals surface area contributed by atoms with Crippen molar-refractivity contribution in [3.05, 3.63) is 34.9 Å². The van der Waals surface area contributed by atoms with Gasteiger partial charge in [0.05, 0.1) is 6.42 Å². The predicted molar refractivity (Wildman–Crippen MR) is 96.6 cm³/mol. The number of halogens is 1. The molecule has 4 heteroatoms. The number of hydrogen-bond donors (Lipinski definition) is 0. The van der Waals surface area contributed by atoms with Crippen molar-refractivity contribution in [1.82, 2.24) is 0 Å². The maximum atomic E-state index is 12.5. The second-order valence-corrected chi connectivity index (χ2v) is 9.04. The highest BCUT2D eigenvalue weighted by atomic mass is 35.5. The van der Waals surface area contributed by atoms with Crippen molar-refractivity contribution < 1.29 is 14.3 Å². The third kappa shape index (κ3) is 3.48. The van der Waals surface area contributed by atoms with E-state index >= 15 is 0 Å². The second-order valence-electron chi connectivity index (χ2n) is 8.60. The van der Waals surface area contributed by atoms with Crippen LogP contribution in [0.5, 0.6) is 0 Å². The number of rotatable bonds is 5. The van der Waals surface area contributed by atoms with Crippen LogP contribution in [0.2, 0.25) is 5.02 Å². The summed E-state index contributed by atoms with van der Waals surface area (Å²) in [7, 11) is 0. The van der Waals surface area contributed by atoms with Gasteiger partial charge in [-0.2, -0.15) is 0 Å². The number of benzene rings is 1. The fraction of sp³-hybridized carbons (Fsp3) is 0.619. The normalized spacial score (nSPS) is 33.9. The molecule has 0 N–H and O–H groups in total. The van der Waals surface area contributed by atoms with Crippen LogP contribution in [0.3, 0.4) is 0 Å². The Hall–Kier alpha value is -1.35. The second kappa shape index (κ2) is 6.42. The predicted octanol–water partition coefficient (Wildman–Crippen LogP) is 5.06. The van der Waals surface area contributed by atoms with Crippen LogP contribution in [0, 0.1) is 23.2 Å². The largest absolute Gasteiger partial charge is 0.454 e. The average Bonchev–Trinajstić information content (AvgIpc) is 2.52. The molecule has 25 heavy (non-hydrogen) atoms. The molecule has 0 spiro atoms. The Bertz CT molecular complexity index is 661. The van der Waals surface area contributed by atoms with E-state index in [4.69, 9.17) is 16.3 Å². The molecule has 1 unspecified atom stereocenters. The van der Waals surface area contributed by atoms with Crippen LogP contribution in [-0.4, -0.2) is 17.9 Å². The zero-order valence-corrected chi connectivity index (χ0v) is 15.4. The van der Waals surface area contributed by atoms with E-state index in [1.54, 1.807) is 31.2 Å². The van der Waals surface area contributed by atoms with Crippen molar-refractivity contribution in [2.75, 3.05) is 0 Å². The van der Waals surface area contributed by atoms with Gasteiger partial charge in [0.15, 0.2) is 6.10 Å². The number of carbonyl (C=O) groups is 2. The lowest BCUT2D eigenvalue weighted by Gasteiger charge is -2.56. The minimum Gasteiger partial charge on any atom is -0.454 e. The van der Waals surface area contributed by atoms with Crippen LogP contribution in [0.15, 0.2) is 24.3 Å². The highest BCUT2D eigenvalue weighted by Crippen LogP contribution is 2.61. The van der Waals surface area contributed by atoms with Gasteiger partial charge in [-0.3, -0.25) is 9.59 Å². The lowest BCUT2D eigenvalue weighted by Crippen LogP contribution is -2.47. The lowest BCUT2D eigenvalue weighted by atomic mass is 9.49. The number of carbonyl (C=O) groups excluding carboxylic acids is 2. The topological polar surface area (TPSA) is 43.4 Å². The maximum absolute atomic E-state index is 12.5. The Kier molecular flexibility index (Phi) is 4.39. The molecule has 4 aliphatic rings. The number of hydrogen-bond acceptors (Lipinski definition) is 3. The molecule has 0 aliphatic heterocycles. The van der Waals surface area contributed by atoms with Gasteiger partial charge in [0.2, 0.25) is 5.78 Å². The van der Waals surface area contributed by atoms with Crippen molar-refractivity contribution in [2.24, 2.45) is 23.2 Å². The molecular formula is C21H25ClO3. The molecular weight excluding hydrogens is 336 g/mol. The van der Waals surface area contributed by atoms with Gasteiger partial charge in [0.25, 0.3) is 0 Å². The van der Waals surface area contributed by atoms with Crippen molar-refractivity contribution >= 4 is 23.4 Å². The van der Waals surface area contributed by atoms with Gasteiger partial charge in [-0.25, -0.2) is 0 Å². The van der Waals surface area contributed by atoms with Crippen LogP contribution in [-0.2, 0) is 9.53 Å². The minimum atomic E-state index is -0.764. The fourth-order valence-corrected chi connectivity index (χ4v) is 6.17. The van der Waals surface area contributed by atoms with E-state index in [-0.39, 0.29) is 17.2 Å². The van der Waals surface area contributed by atoms with Gasteiger partial charge >= 0.3 is 5.97 Å². The Balaban J connectivity index is 1.38. The molecule has 0 amide bonds.